The third-order valence-electron chi connectivity index (χ3n) is 3.83. The van der Waals surface area contributed by atoms with Crippen LogP contribution in [0.15, 0.2) is 42.5 Å². The lowest BCUT2D eigenvalue weighted by Crippen LogP contribution is -2.23. The third-order valence-corrected chi connectivity index (χ3v) is 4.56. The van der Waals surface area contributed by atoms with E-state index in [0.29, 0.717) is 30.7 Å². The molecule has 1 amide bonds. The number of carbonyl (C=O) groups is 1. The van der Waals surface area contributed by atoms with Gasteiger partial charge < -0.3 is 10.1 Å². The largest absolute Gasteiger partial charge is 0.497 e. The number of aryl methyl sites for hydroxylation is 2. The summed E-state index contributed by atoms with van der Waals surface area (Å²) in [5.41, 5.74) is 3.28. The molecular formula is C19H24N2O4S. The van der Waals surface area contributed by atoms with Crippen molar-refractivity contribution in [3.05, 3.63) is 59.2 Å². The van der Waals surface area contributed by atoms with Crippen LogP contribution in [-0.4, -0.2) is 34.2 Å². The van der Waals surface area contributed by atoms with Gasteiger partial charge in [0.05, 0.1) is 13.4 Å². The van der Waals surface area contributed by atoms with Crippen LogP contribution in [0.5, 0.6) is 5.75 Å². The summed E-state index contributed by atoms with van der Waals surface area (Å²) < 4.78 is 29.9. The maximum atomic E-state index is 12.5. The van der Waals surface area contributed by atoms with Crippen LogP contribution in [0.4, 0.5) is 5.69 Å². The number of sulfonamides is 1. The van der Waals surface area contributed by atoms with E-state index in [1.165, 1.54) is 0 Å². The molecule has 0 radical (unpaired) electrons. The van der Waals surface area contributed by atoms with Crippen LogP contribution in [0.25, 0.3) is 0 Å². The number of hydrogen-bond acceptors (Lipinski definition) is 4. The molecule has 0 fully saturated rings. The summed E-state index contributed by atoms with van der Waals surface area (Å²) in [7, 11) is -1.63. The number of rotatable bonds is 8. The van der Waals surface area contributed by atoms with Crippen LogP contribution < -0.4 is 14.8 Å². The van der Waals surface area contributed by atoms with Gasteiger partial charge >= 0.3 is 0 Å². The monoisotopic (exact) mass is 376 g/mol. The second-order valence-corrected chi connectivity index (χ2v) is 7.95. The van der Waals surface area contributed by atoms with Crippen molar-refractivity contribution in [3.63, 3.8) is 0 Å². The van der Waals surface area contributed by atoms with E-state index in [9.17, 15) is 13.2 Å². The van der Waals surface area contributed by atoms with Crippen LogP contribution in [-0.2, 0) is 16.4 Å². The fourth-order valence-electron chi connectivity index (χ4n) is 2.55. The fraction of sp³-hybridized carbons (Fsp3) is 0.316. The lowest BCUT2D eigenvalue weighted by molar-refractivity contribution is 0.102. The molecule has 0 saturated carbocycles. The Labute approximate surface area is 154 Å². The summed E-state index contributed by atoms with van der Waals surface area (Å²) in [4.78, 5) is 12.5. The summed E-state index contributed by atoms with van der Waals surface area (Å²) in [6.07, 6.45) is 2.43. The minimum atomic E-state index is -3.19. The zero-order chi connectivity index (χ0) is 19.2. The van der Waals surface area contributed by atoms with Crippen molar-refractivity contribution < 1.29 is 17.9 Å². The van der Waals surface area contributed by atoms with E-state index in [0.717, 1.165) is 23.1 Å². The van der Waals surface area contributed by atoms with E-state index in [4.69, 9.17) is 4.74 Å². The average Bonchev–Trinajstić information content (AvgIpc) is 2.60. The highest BCUT2D eigenvalue weighted by molar-refractivity contribution is 7.88. The number of carbonyl (C=O) groups excluding carboxylic acids is 1. The third kappa shape index (κ3) is 6.16. The van der Waals surface area contributed by atoms with Crippen molar-refractivity contribution in [2.24, 2.45) is 0 Å². The first-order chi connectivity index (χ1) is 12.3. The highest BCUT2D eigenvalue weighted by Crippen LogP contribution is 2.21. The van der Waals surface area contributed by atoms with Gasteiger partial charge in [0.2, 0.25) is 10.0 Å². The summed E-state index contributed by atoms with van der Waals surface area (Å²) in [5.74, 6) is 0.400. The molecule has 2 aromatic rings. The van der Waals surface area contributed by atoms with Gasteiger partial charge in [-0.05, 0) is 49.6 Å². The van der Waals surface area contributed by atoms with E-state index in [1.807, 2.05) is 25.1 Å². The van der Waals surface area contributed by atoms with Gasteiger partial charge in [-0.15, -0.1) is 0 Å². The van der Waals surface area contributed by atoms with Crippen molar-refractivity contribution in [2.45, 2.75) is 19.8 Å². The molecule has 0 spiro atoms. The highest BCUT2D eigenvalue weighted by Gasteiger charge is 2.11. The van der Waals surface area contributed by atoms with Gasteiger partial charge in [-0.2, -0.15) is 0 Å². The van der Waals surface area contributed by atoms with E-state index >= 15 is 0 Å². The van der Waals surface area contributed by atoms with Gasteiger partial charge in [0.15, 0.2) is 0 Å². The Morgan fingerprint density at radius 2 is 1.92 bits per heavy atom. The van der Waals surface area contributed by atoms with Gasteiger partial charge in [-0.3, -0.25) is 4.79 Å². The normalized spacial score (nSPS) is 11.2. The van der Waals surface area contributed by atoms with Crippen molar-refractivity contribution in [1.82, 2.24) is 4.72 Å². The second kappa shape index (κ2) is 8.82. The average molecular weight is 376 g/mol. The molecule has 0 aromatic heterocycles. The van der Waals surface area contributed by atoms with E-state index < -0.39 is 10.0 Å². The molecule has 7 heteroatoms. The van der Waals surface area contributed by atoms with Gasteiger partial charge in [-0.1, -0.05) is 23.8 Å². The summed E-state index contributed by atoms with van der Waals surface area (Å²) in [5, 5.41) is 2.93. The predicted octanol–water partition coefficient (Wildman–Crippen LogP) is 2.74. The minimum absolute atomic E-state index is 0.219. The van der Waals surface area contributed by atoms with Crippen LogP contribution >= 0.6 is 0 Å². The Balaban J connectivity index is 2.09. The Morgan fingerprint density at radius 3 is 2.62 bits per heavy atom. The number of amides is 1. The SMILES string of the molecule is COc1cccc(C(=O)Nc2ccc(C)cc2CCCNS(C)(=O)=O)c1. The van der Waals surface area contributed by atoms with E-state index in [1.54, 1.807) is 31.4 Å². The molecule has 140 valence electrons. The Morgan fingerprint density at radius 1 is 1.15 bits per heavy atom. The Kier molecular flexibility index (Phi) is 6.76. The predicted molar refractivity (Wildman–Crippen MR) is 103 cm³/mol. The van der Waals surface area contributed by atoms with Crippen LogP contribution in [0.3, 0.4) is 0 Å². The maximum Gasteiger partial charge on any atom is 0.255 e. The summed E-state index contributed by atoms with van der Waals surface area (Å²) in [6.45, 7) is 2.34. The second-order valence-electron chi connectivity index (χ2n) is 6.12. The summed E-state index contributed by atoms with van der Waals surface area (Å²) >= 11 is 0. The first-order valence-corrected chi connectivity index (χ1v) is 10.2. The molecule has 0 heterocycles. The minimum Gasteiger partial charge on any atom is -0.497 e. The van der Waals surface area contributed by atoms with Crippen LogP contribution in [0.1, 0.15) is 27.9 Å². The molecule has 2 N–H and O–H groups in total. The number of methoxy groups -OCH3 is 1. The van der Waals surface area contributed by atoms with Gasteiger partial charge in [0.25, 0.3) is 5.91 Å². The quantitative estimate of drug-likeness (QED) is 0.694. The van der Waals surface area contributed by atoms with Gasteiger partial charge in [-0.25, -0.2) is 13.1 Å². The molecule has 0 atom stereocenters. The maximum absolute atomic E-state index is 12.5. The smallest absolute Gasteiger partial charge is 0.255 e. The molecule has 0 saturated heterocycles. The first-order valence-electron chi connectivity index (χ1n) is 8.28. The topological polar surface area (TPSA) is 84.5 Å². The number of nitrogens with one attached hydrogen (secondary N) is 2. The standard InChI is InChI=1S/C19H24N2O4S/c1-14-9-10-18(15(12-14)7-5-11-20-26(3,23)24)21-19(22)16-6-4-8-17(13-16)25-2/h4,6,8-10,12-13,20H,5,7,11H2,1-3H3,(H,21,22). The molecule has 0 aliphatic carbocycles. The van der Waals surface area contributed by atoms with Crippen molar-refractivity contribution in [1.29, 1.82) is 0 Å². The molecule has 0 aliphatic rings. The number of ether oxygens (including phenoxy) is 1. The van der Waals surface area contributed by atoms with Crippen molar-refractivity contribution in [2.75, 3.05) is 25.2 Å². The molecule has 2 aromatic carbocycles. The summed E-state index contributed by atoms with van der Waals surface area (Å²) in [6, 6.07) is 12.7. The Bertz CT molecular complexity index is 879. The van der Waals surface area contributed by atoms with Crippen LogP contribution in [0.2, 0.25) is 0 Å². The van der Waals surface area contributed by atoms with Crippen LogP contribution in [0, 0.1) is 6.92 Å². The van der Waals surface area contributed by atoms with E-state index in [2.05, 4.69) is 10.0 Å². The molecule has 2 rings (SSSR count). The van der Waals surface area contributed by atoms with Gasteiger partial charge in [0, 0.05) is 17.8 Å². The molecule has 6 nitrogen and oxygen atoms in total. The number of benzene rings is 2. The molecular weight excluding hydrogens is 352 g/mol. The fourth-order valence-corrected chi connectivity index (χ4v) is 3.06. The molecule has 26 heavy (non-hydrogen) atoms. The number of anilines is 1. The van der Waals surface area contributed by atoms with E-state index in [-0.39, 0.29) is 5.91 Å². The molecule has 0 aliphatic heterocycles. The lowest BCUT2D eigenvalue weighted by Gasteiger charge is -2.13. The van der Waals surface area contributed by atoms with Crippen molar-refractivity contribution in [3.8, 4) is 5.75 Å². The Hall–Kier alpha value is -2.38. The molecule has 0 bridgehead atoms. The van der Waals surface area contributed by atoms with Gasteiger partial charge in [0.1, 0.15) is 5.75 Å². The zero-order valence-electron chi connectivity index (χ0n) is 15.2. The molecule has 0 unspecified atom stereocenters. The number of hydrogen-bond donors (Lipinski definition) is 2. The van der Waals surface area contributed by atoms with Crippen molar-refractivity contribution >= 4 is 21.6 Å². The lowest BCUT2D eigenvalue weighted by atomic mass is 10.0. The first kappa shape index (κ1) is 19.9. The zero-order valence-corrected chi connectivity index (χ0v) is 16.0. The highest BCUT2D eigenvalue weighted by atomic mass is 32.2.